The number of imidazole rings is 1. The maximum Gasteiger partial charge on any atom is 0.0954 e. The summed E-state index contributed by atoms with van der Waals surface area (Å²) in [5.41, 5.74) is 2.46. The highest BCUT2D eigenvalue weighted by atomic mass is 15.1. The van der Waals surface area contributed by atoms with Crippen molar-refractivity contribution in [3.05, 3.63) is 42.9 Å². The zero-order valence-corrected chi connectivity index (χ0v) is 10.7. The first-order valence-electron chi connectivity index (χ1n) is 6.67. The maximum absolute atomic E-state index is 4.34. The van der Waals surface area contributed by atoms with Crippen molar-refractivity contribution in [2.75, 3.05) is 6.54 Å². The Balaban J connectivity index is 1.96. The van der Waals surface area contributed by atoms with Gasteiger partial charge in [-0.15, -0.1) is 0 Å². The highest BCUT2D eigenvalue weighted by molar-refractivity contribution is 5.58. The SMILES string of the molecule is CC1NCCCC1n1cncc1-c1ccccc1. The lowest BCUT2D eigenvalue weighted by Gasteiger charge is -2.32. The third-order valence-electron chi connectivity index (χ3n) is 3.81. The molecule has 1 aliphatic heterocycles. The molecule has 18 heavy (non-hydrogen) atoms. The summed E-state index contributed by atoms with van der Waals surface area (Å²) in [6, 6.07) is 11.5. The van der Waals surface area contributed by atoms with Crippen molar-refractivity contribution >= 4 is 0 Å². The van der Waals surface area contributed by atoms with Crippen LogP contribution in [0.2, 0.25) is 0 Å². The van der Waals surface area contributed by atoms with E-state index in [0.29, 0.717) is 12.1 Å². The summed E-state index contributed by atoms with van der Waals surface area (Å²) in [6.45, 7) is 3.39. The fourth-order valence-electron chi connectivity index (χ4n) is 2.81. The molecule has 2 atom stereocenters. The Labute approximate surface area is 108 Å². The first kappa shape index (κ1) is 11.5. The van der Waals surface area contributed by atoms with Crippen LogP contribution in [0, 0.1) is 0 Å². The lowest BCUT2D eigenvalue weighted by Crippen LogP contribution is -2.40. The van der Waals surface area contributed by atoms with Crippen molar-refractivity contribution < 1.29 is 0 Å². The molecule has 1 saturated heterocycles. The summed E-state index contributed by atoms with van der Waals surface area (Å²) >= 11 is 0. The minimum absolute atomic E-state index is 0.510. The van der Waals surface area contributed by atoms with E-state index in [2.05, 4.69) is 52.1 Å². The third kappa shape index (κ3) is 2.06. The molecule has 1 aromatic carbocycles. The van der Waals surface area contributed by atoms with Crippen LogP contribution in [-0.2, 0) is 0 Å². The number of benzene rings is 1. The zero-order valence-electron chi connectivity index (χ0n) is 10.7. The number of nitrogens with one attached hydrogen (secondary N) is 1. The predicted molar refractivity (Wildman–Crippen MR) is 73.4 cm³/mol. The number of rotatable bonds is 2. The van der Waals surface area contributed by atoms with E-state index in [1.54, 1.807) is 0 Å². The van der Waals surface area contributed by atoms with Gasteiger partial charge in [-0.3, -0.25) is 0 Å². The molecule has 0 aliphatic carbocycles. The standard InChI is InChI=1S/C15H19N3/c1-12-14(8-5-9-17-12)18-11-16-10-15(18)13-6-3-2-4-7-13/h2-4,6-7,10-12,14,17H,5,8-9H2,1H3. The van der Waals surface area contributed by atoms with Crippen molar-refractivity contribution in [1.82, 2.24) is 14.9 Å². The summed E-state index contributed by atoms with van der Waals surface area (Å²) < 4.78 is 2.33. The Hall–Kier alpha value is -1.61. The average Bonchev–Trinajstić information content (AvgIpc) is 2.89. The van der Waals surface area contributed by atoms with E-state index in [0.717, 1.165) is 6.54 Å². The summed E-state index contributed by atoms with van der Waals surface area (Å²) in [4.78, 5) is 4.34. The summed E-state index contributed by atoms with van der Waals surface area (Å²) in [6.07, 6.45) is 6.40. The molecule has 2 unspecified atom stereocenters. The van der Waals surface area contributed by atoms with E-state index in [-0.39, 0.29) is 0 Å². The molecule has 2 heterocycles. The summed E-state index contributed by atoms with van der Waals surface area (Å²) in [7, 11) is 0. The molecule has 1 aliphatic rings. The predicted octanol–water partition coefficient (Wildman–Crippen LogP) is 2.86. The highest BCUT2D eigenvalue weighted by Crippen LogP contribution is 2.28. The Bertz CT molecular complexity index is 503. The molecule has 3 heteroatoms. The number of piperidine rings is 1. The van der Waals surface area contributed by atoms with Gasteiger partial charge in [-0.25, -0.2) is 4.98 Å². The van der Waals surface area contributed by atoms with Gasteiger partial charge in [-0.2, -0.15) is 0 Å². The quantitative estimate of drug-likeness (QED) is 0.876. The van der Waals surface area contributed by atoms with Gasteiger partial charge in [0.25, 0.3) is 0 Å². The van der Waals surface area contributed by atoms with Crippen LogP contribution in [0.25, 0.3) is 11.3 Å². The van der Waals surface area contributed by atoms with E-state index < -0.39 is 0 Å². The molecule has 94 valence electrons. The minimum atomic E-state index is 0.510. The van der Waals surface area contributed by atoms with E-state index >= 15 is 0 Å². The minimum Gasteiger partial charge on any atom is -0.326 e. The van der Waals surface area contributed by atoms with E-state index in [4.69, 9.17) is 0 Å². The molecule has 0 amide bonds. The number of aromatic nitrogens is 2. The molecule has 3 nitrogen and oxygen atoms in total. The molecular weight excluding hydrogens is 222 g/mol. The van der Waals surface area contributed by atoms with Gasteiger partial charge >= 0.3 is 0 Å². The molecule has 1 aromatic heterocycles. The van der Waals surface area contributed by atoms with Crippen molar-refractivity contribution in [2.45, 2.75) is 31.8 Å². The van der Waals surface area contributed by atoms with Crippen molar-refractivity contribution in [1.29, 1.82) is 0 Å². The van der Waals surface area contributed by atoms with Gasteiger partial charge in [0, 0.05) is 6.04 Å². The van der Waals surface area contributed by atoms with Crippen LogP contribution in [0.3, 0.4) is 0 Å². The molecule has 3 rings (SSSR count). The van der Waals surface area contributed by atoms with Gasteiger partial charge in [0.15, 0.2) is 0 Å². The van der Waals surface area contributed by atoms with Crippen LogP contribution in [0.1, 0.15) is 25.8 Å². The second-order valence-corrected chi connectivity index (χ2v) is 5.00. The van der Waals surface area contributed by atoms with Gasteiger partial charge in [0.2, 0.25) is 0 Å². The van der Waals surface area contributed by atoms with Crippen molar-refractivity contribution in [2.24, 2.45) is 0 Å². The molecule has 1 N–H and O–H groups in total. The van der Waals surface area contributed by atoms with Gasteiger partial charge in [-0.1, -0.05) is 30.3 Å². The Morgan fingerprint density at radius 2 is 2.11 bits per heavy atom. The second-order valence-electron chi connectivity index (χ2n) is 5.00. The highest BCUT2D eigenvalue weighted by Gasteiger charge is 2.24. The van der Waals surface area contributed by atoms with E-state index in [9.17, 15) is 0 Å². The van der Waals surface area contributed by atoms with Crippen LogP contribution in [0.15, 0.2) is 42.9 Å². The zero-order chi connectivity index (χ0) is 12.4. The first-order chi connectivity index (χ1) is 8.86. The summed E-state index contributed by atoms with van der Waals surface area (Å²) in [5, 5.41) is 3.55. The lowest BCUT2D eigenvalue weighted by atomic mass is 9.99. The van der Waals surface area contributed by atoms with Crippen molar-refractivity contribution in [3.63, 3.8) is 0 Å². The van der Waals surface area contributed by atoms with Crippen molar-refractivity contribution in [3.8, 4) is 11.3 Å². The fourth-order valence-corrected chi connectivity index (χ4v) is 2.81. The molecule has 0 saturated carbocycles. The molecule has 0 spiro atoms. The van der Waals surface area contributed by atoms with Gasteiger partial charge in [-0.05, 0) is 31.9 Å². The van der Waals surface area contributed by atoms with Crippen LogP contribution < -0.4 is 5.32 Å². The number of nitrogens with zero attached hydrogens (tertiary/aromatic N) is 2. The molecule has 0 radical (unpaired) electrons. The van der Waals surface area contributed by atoms with Crippen LogP contribution in [0.4, 0.5) is 0 Å². The Kier molecular flexibility index (Phi) is 3.15. The average molecular weight is 241 g/mol. The van der Waals surface area contributed by atoms with Gasteiger partial charge < -0.3 is 9.88 Å². The molecular formula is C15H19N3. The fraction of sp³-hybridized carbons (Fsp3) is 0.400. The Morgan fingerprint density at radius 3 is 2.89 bits per heavy atom. The molecule has 1 fully saturated rings. The maximum atomic E-state index is 4.34. The van der Waals surface area contributed by atoms with E-state index in [1.165, 1.54) is 24.1 Å². The number of hydrogen-bond acceptors (Lipinski definition) is 2. The molecule has 0 bridgehead atoms. The van der Waals surface area contributed by atoms with E-state index in [1.807, 2.05) is 12.5 Å². The Morgan fingerprint density at radius 1 is 1.28 bits per heavy atom. The largest absolute Gasteiger partial charge is 0.326 e. The van der Waals surface area contributed by atoms with Crippen LogP contribution in [0.5, 0.6) is 0 Å². The normalized spacial score (nSPS) is 24.1. The van der Waals surface area contributed by atoms with Crippen LogP contribution in [-0.4, -0.2) is 22.1 Å². The monoisotopic (exact) mass is 241 g/mol. The second kappa shape index (κ2) is 4.94. The van der Waals surface area contributed by atoms with Gasteiger partial charge in [0.1, 0.15) is 0 Å². The first-order valence-corrected chi connectivity index (χ1v) is 6.67. The summed E-state index contributed by atoms with van der Waals surface area (Å²) in [5.74, 6) is 0. The number of hydrogen-bond donors (Lipinski definition) is 1. The topological polar surface area (TPSA) is 29.9 Å². The van der Waals surface area contributed by atoms with Gasteiger partial charge in [0.05, 0.1) is 24.3 Å². The van der Waals surface area contributed by atoms with Crippen LogP contribution >= 0.6 is 0 Å². The third-order valence-corrected chi connectivity index (χ3v) is 3.81. The molecule has 2 aromatic rings. The smallest absolute Gasteiger partial charge is 0.0954 e. The lowest BCUT2D eigenvalue weighted by molar-refractivity contribution is 0.297.